The molecule has 4 rings (SSSR count). The summed E-state index contributed by atoms with van der Waals surface area (Å²) in [5.74, 6) is -1.50. The number of hydrogen-bond donors (Lipinski definition) is 2. The van der Waals surface area contributed by atoms with Crippen LogP contribution < -0.4 is 0 Å². The molecule has 1 aliphatic heterocycles. The Morgan fingerprint density at radius 3 is 2.48 bits per heavy atom. The Balaban J connectivity index is 1.79. The van der Waals surface area contributed by atoms with E-state index >= 15 is 0 Å². The normalized spacial score (nSPS) is 18.4. The SMILES string of the molecule is Cc1ccc(C2C(=C(O)c3ccncc3)C(=O)C(=O)N2CCc2cnc[nH]2)cc1. The Hall–Kier alpha value is -3.74. The Morgan fingerprint density at radius 2 is 1.83 bits per heavy atom. The van der Waals surface area contributed by atoms with E-state index in [-0.39, 0.29) is 11.3 Å². The number of imidazole rings is 1. The van der Waals surface area contributed by atoms with E-state index in [0.717, 1.165) is 16.8 Å². The van der Waals surface area contributed by atoms with Gasteiger partial charge in [-0.2, -0.15) is 0 Å². The number of rotatable bonds is 5. The number of nitrogens with zero attached hydrogens (tertiary/aromatic N) is 3. The maximum atomic E-state index is 12.9. The maximum Gasteiger partial charge on any atom is 0.295 e. The summed E-state index contributed by atoms with van der Waals surface area (Å²) in [6.45, 7) is 2.29. The van der Waals surface area contributed by atoms with Gasteiger partial charge in [0.05, 0.1) is 17.9 Å². The molecule has 3 aromatic rings. The number of aliphatic hydroxyl groups excluding tert-OH is 1. The molecule has 1 amide bonds. The first-order valence-corrected chi connectivity index (χ1v) is 9.29. The van der Waals surface area contributed by atoms with Crippen LogP contribution in [0.5, 0.6) is 0 Å². The summed E-state index contributed by atoms with van der Waals surface area (Å²) in [5, 5.41) is 10.9. The zero-order valence-electron chi connectivity index (χ0n) is 15.9. The number of aliphatic hydroxyl groups is 1. The van der Waals surface area contributed by atoms with Crippen molar-refractivity contribution in [2.45, 2.75) is 19.4 Å². The fourth-order valence-electron chi connectivity index (χ4n) is 3.53. The molecule has 7 nitrogen and oxygen atoms in total. The van der Waals surface area contributed by atoms with Crippen LogP contribution in [0.3, 0.4) is 0 Å². The predicted molar refractivity (Wildman–Crippen MR) is 107 cm³/mol. The van der Waals surface area contributed by atoms with E-state index in [1.165, 1.54) is 17.3 Å². The van der Waals surface area contributed by atoms with Crippen LogP contribution in [0.25, 0.3) is 5.76 Å². The highest BCUT2D eigenvalue weighted by atomic mass is 16.3. The summed E-state index contributed by atoms with van der Waals surface area (Å²) in [6.07, 6.45) is 6.85. The van der Waals surface area contributed by atoms with Gasteiger partial charge in [-0.1, -0.05) is 29.8 Å². The van der Waals surface area contributed by atoms with Gasteiger partial charge in [0, 0.05) is 42.8 Å². The zero-order valence-corrected chi connectivity index (χ0v) is 15.9. The third-order valence-corrected chi connectivity index (χ3v) is 5.06. The smallest absolute Gasteiger partial charge is 0.295 e. The minimum atomic E-state index is -0.686. The lowest BCUT2D eigenvalue weighted by molar-refractivity contribution is -0.139. The molecule has 3 heterocycles. The van der Waals surface area contributed by atoms with Crippen molar-refractivity contribution in [2.24, 2.45) is 0 Å². The Kier molecular flexibility index (Phi) is 4.95. The Morgan fingerprint density at radius 1 is 1.10 bits per heavy atom. The van der Waals surface area contributed by atoms with E-state index in [1.54, 1.807) is 24.7 Å². The second-order valence-corrected chi connectivity index (χ2v) is 6.97. The van der Waals surface area contributed by atoms with Crippen LogP contribution in [0.2, 0.25) is 0 Å². The number of ketones is 1. The Labute approximate surface area is 167 Å². The number of aromatic amines is 1. The molecule has 1 aromatic carbocycles. The average Bonchev–Trinajstić information content (AvgIpc) is 3.35. The first kappa shape index (κ1) is 18.6. The van der Waals surface area contributed by atoms with Gasteiger partial charge in [-0.3, -0.25) is 14.6 Å². The number of hydrogen-bond acceptors (Lipinski definition) is 5. The molecule has 0 bridgehead atoms. The van der Waals surface area contributed by atoms with E-state index in [2.05, 4.69) is 15.0 Å². The number of H-pyrrole nitrogens is 1. The highest BCUT2D eigenvalue weighted by Gasteiger charge is 2.45. The predicted octanol–water partition coefficient (Wildman–Crippen LogP) is 2.78. The quantitative estimate of drug-likeness (QED) is 0.398. The van der Waals surface area contributed by atoms with Crippen molar-refractivity contribution in [1.82, 2.24) is 19.9 Å². The molecule has 0 saturated carbocycles. The minimum Gasteiger partial charge on any atom is -0.507 e. The largest absolute Gasteiger partial charge is 0.507 e. The molecule has 7 heteroatoms. The van der Waals surface area contributed by atoms with Gasteiger partial charge in [0.15, 0.2) is 0 Å². The van der Waals surface area contributed by atoms with E-state index in [0.29, 0.717) is 18.5 Å². The molecule has 29 heavy (non-hydrogen) atoms. The van der Waals surface area contributed by atoms with Crippen LogP contribution in [0, 0.1) is 6.92 Å². The molecule has 2 aromatic heterocycles. The Bertz CT molecular complexity index is 1060. The van der Waals surface area contributed by atoms with Crippen molar-refractivity contribution in [1.29, 1.82) is 0 Å². The number of likely N-dealkylation sites (tertiary alicyclic amines) is 1. The number of nitrogens with one attached hydrogen (secondary N) is 1. The monoisotopic (exact) mass is 388 g/mol. The first-order valence-electron chi connectivity index (χ1n) is 9.29. The third-order valence-electron chi connectivity index (χ3n) is 5.06. The second-order valence-electron chi connectivity index (χ2n) is 6.97. The number of aromatic nitrogens is 3. The molecule has 1 unspecified atom stereocenters. The summed E-state index contributed by atoms with van der Waals surface area (Å²) in [6, 6.07) is 10.2. The number of carbonyl (C=O) groups excluding carboxylic acids is 2. The fourth-order valence-corrected chi connectivity index (χ4v) is 3.53. The maximum absolute atomic E-state index is 12.9. The van der Waals surface area contributed by atoms with E-state index in [9.17, 15) is 14.7 Å². The van der Waals surface area contributed by atoms with Crippen molar-refractivity contribution < 1.29 is 14.7 Å². The van der Waals surface area contributed by atoms with Gasteiger partial charge in [-0.25, -0.2) is 4.98 Å². The number of Topliss-reactive ketones (excluding diaryl/α,β-unsaturated/α-hetero) is 1. The summed E-state index contributed by atoms with van der Waals surface area (Å²) >= 11 is 0. The van der Waals surface area contributed by atoms with Crippen LogP contribution in [0.1, 0.15) is 28.4 Å². The number of benzene rings is 1. The van der Waals surface area contributed by atoms with Gasteiger partial charge in [0.2, 0.25) is 0 Å². The van der Waals surface area contributed by atoms with Crippen molar-refractivity contribution in [3.05, 3.63) is 89.3 Å². The lowest BCUT2D eigenvalue weighted by Gasteiger charge is -2.25. The molecular formula is C22H20N4O3. The highest BCUT2D eigenvalue weighted by Crippen LogP contribution is 2.39. The lowest BCUT2D eigenvalue weighted by Crippen LogP contribution is -2.31. The molecule has 1 fully saturated rings. The van der Waals surface area contributed by atoms with E-state index in [1.807, 2.05) is 31.2 Å². The third kappa shape index (κ3) is 3.54. The summed E-state index contributed by atoms with van der Waals surface area (Å²) in [7, 11) is 0. The lowest BCUT2D eigenvalue weighted by atomic mass is 9.95. The van der Waals surface area contributed by atoms with Crippen LogP contribution in [0.4, 0.5) is 0 Å². The second kappa shape index (κ2) is 7.71. The van der Waals surface area contributed by atoms with Crippen molar-refractivity contribution >= 4 is 17.4 Å². The first-order chi connectivity index (χ1) is 14.1. The number of amides is 1. The number of aryl methyl sites for hydroxylation is 1. The van der Waals surface area contributed by atoms with Gasteiger partial charge >= 0.3 is 0 Å². The number of pyridine rings is 1. The van der Waals surface area contributed by atoms with Crippen LogP contribution in [-0.4, -0.2) is 43.2 Å². The summed E-state index contributed by atoms with van der Waals surface area (Å²) in [4.78, 5) is 38.2. The molecule has 1 saturated heterocycles. The van der Waals surface area contributed by atoms with Gasteiger partial charge in [0.1, 0.15) is 5.76 Å². The molecule has 2 N–H and O–H groups in total. The van der Waals surface area contributed by atoms with E-state index < -0.39 is 17.7 Å². The van der Waals surface area contributed by atoms with Crippen molar-refractivity contribution in [3.8, 4) is 0 Å². The van der Waals surface area contributed by atoms with Crippen molar-refractivity contribution in [3.63, 3.8) is 0 Å². The number of carbonyl (C=O) groups is 2. The van der Waals surface area contributed by atoms with Gasteiger partial charge in [-0.05, 0) is 24.6 Å². The van der Waals surface area contributed by atoms with Gasteiger partial charge in [-0.15, -0.1) is 0 Å². The van der Waals surface area contributed by atoms with Gasteiger partial charge < -0.3 is 15.0 Å². The zero-order chi connectivity index (χ0) is 20.4. The van der Waals surface area contributed by atoms with Crippen LogP contribution >= 0.6 is 0 Å². The average molecular weight is 388 g/mol. The molecule has 0 spiro atoms. The van der Waals surface area contributed by atoms with Crippen molar-refractivity contribution in [2.75, 3.05) is 6.54 Å². The minimum absolute atomic E-state index is 0.0923. The molecule has 146 valence electrons. The molecular weight excluding hydrogens is 368 g/mol. The van der Waals surface area contributed by atoms with E-state index in [4.69, 9.17) is 0 Å². The van der Waals surface area contributed by atoms with Gasteiger partial charge in [0.25, 0.3) is 11.7 Å². The summed E-state index contributed by atoms with van der Waals surface area (Å²) < 4.78 is 0. The highest BCUT2D eigenvalue weighted by molar-refractivity contribution is 6.46. The van der Waals surface area contributed by atoms with Crippen LogP contribution in [0.15, 0.2) is 66.9 Å². The fraction of sp³-hybridized carbons (Fsp3) is 0.182. The van der Waals surface area contributed by atoms with Crippen LogP contribution in [-0.2, 0) is 16.0 Å². The molecule has 1 aliphatic rings. The molecule has 1 atom stereocenters. The summed E-state index contributed by atoms with van der Waals surface area (Å²) in [5.41, 5.74) is 3.24. The topological polar surface area (TPSA) is 99.2 Å². The molecule has 0 aliphatic carbocycles. The molecule has 0 radical (unpaired) electrons. The standard InChI is InChI=1S/C22H20N4O3/c1-14-2-4-15(5-3-14)19-18(20(27)16-6-9-23-10-7-16)21(28)22(29)26(19)11-8-17-12-24-13-25-17/h2-7,9-10,12-13,19,27H,8,11H2,1H3,(H,24,25).